The minimum absolute atomic E-state index is 0.0229. The summed E-state index contributed by atoms with van der Waals surface area (Å²) in [6.45, 7) is 0. The highest BCUT2D eigenvalue weighted by atomic mass is 16.5. The smallest absolute Gasteiger partial charge is 0.411 e. The van der Waals surface area contributed by atoms with Crippen molar-refractivity contribution in [2.45, 2.75) is 0 Å². The number of nitrogens with one attached hydrogen (secondary N) is 1. The molecule has 0 radical (unpaired) electrons. The number of amides is 1. The van der Waals surface area contributed by atoms with Gasteiger partial charge in [0.05, 0.1) is 25.5 Å². The van der Waals surface area contributed by atoms with Crippen molar-refractivity contribution in [1.82, 2.24) is 0 Å². The molecule has 3 rings (SSSR count). The molecule has 0 spiro atoms. The molecule has 26 heavy (non-hydrogen) atoms. The average molecular weight is 353 g/mol. The van der Waals surface area contributed by atoms with Crippen molar-refractivity contribution < 1.29 is 28.7 Å². The van der Waals surface area contributed by atoms with Crippen LogP contribution in [0.4, 0.5) is 10.5 Å². The third kappa shape index (κ3) is 2.83. The van der Waals surface area contributed by atoms with Crippen LogP contribution in [-0.4, -0.2) is 37.7 Å². The van der Waals surface area contributed by atoms with Crippen LogP contribution < -0.4 is 10.1 Å². The summed E-state index contributed by atoms with van der Waals surface area (Å²) in [5.41, 5.74) is 0.496. The summed E-state index contributed by atoms with van der Waals surface area (Å²) in [5, 5.41) is 2.40. The van der Waals surface area contributed by atoms with Gasteiger partial charge in [0.2, 0.25) is 0 Å². The van der Waals surface area contributed by atoms with Crippen LogP contribution in [0.1, 0.15) is 31.1 Å². The molecule has 0 heterocycles. The largest absolute Gasteiger partial charge is 0.497 e. The molecule has 0 fully saturated rings. The molecular weight excluding hydrogens is 338 g/mol. The lowest BCUT2D eigenvalue weighted by atomic mass is 9.93. The van der Waals surface area contributed by atoms with Crippen LogP contribution in [0.5, 0.6) is 5.75 Å². The lowest BCUT2D eigenvalue weighted by Gasteiger charge is -2.08. The molecule has 132 valence electrons. The number of hydrogen-bond acceptors (Lipinski definition) is 6. The van der Waals surface area contributed by atoms with Gasteiger partial charge in [-0.3, -0.25) is 19.7 Å². The van der Waals surface area contributed by atoms with Gasteiger partial charge in [0.15, 0.2) is 17.3 Å². The van der Waals surface area contributed by atoms with E-state index in [9.17, 15) is 19.2 Å². The van der Waals surface area contributed by atoms with Crippen LogP contribution in [0, 0.1) is 5.92 Å². The van der Waals surface area contributed by atoms with Gasteiger partial charge >= 0.3 is 6.09 Å². The standard InChI is InChI=1S/C19H15NO6/c1-25-11-8-6-10(7-9-11)16(21)15-17(22)12-4-3-5-13(14(12)18(15)23)20-19(24)26-2/h3-9,15H,1-2H3,(H,20,24). The van der Waals surface area contributed by atoms with E-state index in [-0.39, 0.29) is 22.4 Å². The van der Waals surface area contributed by atoms with Gasteiger partial charge in [-0.05, 0) is 30.3 Å². The van der Waals surface area contributed by atoms with Crippen molar-refractivity contribution in [3.8, 4) is 5.75 Å². The Kier molecular flexibility index (Phi) is 4.53. The normalized spacial score (nSPS) is 15.4. The second-order valence-electron chi connectivity index (χ2n) is 5.60. The third-order valence-corrected chi connectivity index (χ3v) is 4.16. The zero-order chi connectivity index (χ0) is 18.8. The lowest BCUT2D eigenvalue weighted by Crippen LogP contribution is -2.26. The van der Waals surface area contributed by atoms with Crippen molar-refractivity contribution in [2.24, 2.45) is 5.92 Å². The molecular formula is C19H15NO6. The molecule has 0 bridgehead atoms. The molecule has 0 aliphatic heterocycles. The molecule has 0 aromatic heterocycles. The van der Waals surface area contributed by atoms with Crippen LogP contribution in [0.25, 0.3) is 0 Å². The number of hydrogen-bond donors (Lipinski definition) is 1. The molecule has 0 saturated carbocycles. The van der Waals surface area contributed by atoms with E-state index in [1.54, 1.807) is 12.1 Å². The number of benzene rings is 2. The second-order valence-corrected chi connectivity index (χ2v) is 5.60. The molecule has 1 atom stereocenters. The van der Waals surface area contributed by atoms with E-state index >= 15 is 0 Å². The Balaban J connectivity index is 1.96. The second kappa shape index (κ2) is 6.79. The van der Waals surface area contributed by atoms with Crippen molar-refractivity contribution >= 4 is 29.1 Å². The zero-order valence-electron chi connectivity index (χ0n) is 14.1. The van der Waals surface area contributed by atoms with Crippen LogP contribution in [-0.2, 0) is 4.74 Å². The number of ketones is 3. The number of ether oxygens (including phenoxy) is 2. The summed E-state index contributed by atoms with van der Waals surface area (Å²) in [7, 11) is 2.68. The average Bonchev–Trinajstić information content (AvgIpc) is 2.92. The predicted molar refractivity (Wildman–Crippen MR) is 91.9 cm³/mol. The molecule has 1 aliphatic rings. The van der Waals surface area contributed by atoms with E-state index in [0.717, 1.165) is 0 Å². The minimum atomic E-state index is -1.46. The van der Waals surface area contributed by atoms with Gasteiger partial charge in [-0.25, -0.2) is 4.79 Å². The summed E-state index contributed by atoms with van der Waals surface area (Å²) in [6, 6.07) is 10.6. The lowest BCUT2D eigenvalue weighted by molar-refractivity contribution is 0.0756. The third-order valence-electron chi connectivity index (χ3n) is 4.16. The van der Waals surface area contributed by atoms with Crippen LogP contribution in [0.2, 0.25) is 0 Å². The Bertz CT molecular complexity index is 916. The zero-order valence-corrected chi connectivity index (χ0v) is 14.1. The number of methoxy groups -OCH3 is 2. The van der Waals surface area contributed by atoms with Crippen LogP contribution >= 0.6 is 0 Å². The van der Waals surface area contributed by atoms with Gasteiger partial charge in [-0.15, -0.1) is 0 Å². The van der Waals surface area contributed by atoms with Crippen molar-refractivity contribution in [3.05, 3.63) is 59.2 Å². The van der Waals surface area contributed by atoms with E-state index < -0.39 is 29.4 Å². The maximum atomic E-state index is 12.8. The highest BCUT2D eigenvalue weighted by Crippen LogP contribution is 2.34. The fraction of sp³-hybridized carbons (Fsp3) is 0.158. The number of carbonyl (C=O) groups is 4. The molecule has 2 aromatic carbocycles. The first-order chi connectivity index (χ1) is 12.5. The van der Waals surface area contributed by atoms with E-state index in [1.807, 2.05) is 0 Å². The predicted octanol–water partition coefficient (Wildman–Crippen LogP) is 2.75. The highest BCUT2D eigenvalue weighted by Gasteiger charge is 2.45. The highest BCUT2D eigenvalue weighted by molar-refractivity contribution is 6.39. The van der Waals surface area contributed by atoms with Gasteiger partial charge < -0.3 is 9.47 Å². The first kappa shape index (κ1) is 17.3. The number of carbonyl (C=O) groups excluding carboxylic acids is 4. The Morgan fingerprint density at radius 2 is 1.65 bits per heavy atom. The topological polar surface area (TPSA) is 98.8 Å². The summed E-state index contributed by atoms with van der Waals surface area (Å²) in [5.74, 6) is -2.72. The molecule has 2 aromatic rings. The summed E-state index contributed by atoms with van der Waals surface area (Å²) in [4.78, 5) is 49.6. The molecule has 1 aliphatic carbocycles. The molecule has 1 N–H and O–H groups in total. The van der Waals surface area contributed by atoms with E-state index in [1.165, 1.54) is 44.6 Å². The van der Waals surface area contributed by atoms with Gasteiger partial charge in [0.25, 0.3) is 0 Å². The van der Waals surface area contributed by atoms with Gasteiger partial charge in [-0.1, -0.05) is 12.1 Å². The molecule has 1 amide bonds. The van der Waals surface area contributed by atoms with E-state index in [2.05, 4.69) is 10.1 Å². The first-order valence-electron chi connectivity index (χ1n) is 7.72. The number of fused-ring (bicyclic) bond motifs is 1. The minimum Gasteiger partial charge on any atom is -0.497 e. The maximum absolute atomic E-state index is 12.8. The Labute approximate surface area is 148 Å². The van der Waals surface area contributed by atoms with E-state index in [0.29, 0.717) is 5.75 Å². The Morgan fingerprint density at radius 3 is 2.27 bits per heavy atom. The fourth-order valence-electron chi connectivity index (χ4n) is 2.87. The van der Waals surface area contributed by atoms with Crippen molar-refractivity contribution in [2.75, 3.05) is 19.5 Å². The molecule has 7 nitrogen and oxygen atoms in total. The summed E-state index contributed by atoms with van der Waals surface area (Å²) < 4.78 is 9.55. The summed E-state index contributed by atoms with van der Waals surface area (Å²) in [6.07, 6.45) is -0.774. The fourth-order valence-corrected chi connectivity index (χ4v) is 2.87. The molecule has 0 saturated heterocycles. The number of Topliss-reactive ketones (excluding diaryl/α,β-unsaturated/α-hetero) is 3. The van der Waals surface area contributed by atoms with Crippen LogP contribution in [0.3, 0.4) is 0 Å². The first-order valence-corrected chi connectivity index (χ1v) is 7.72. The number of rotatable bonds is 4. The maximum Gasteiger partial charge on any atom is 0.411 e. The van der Waals surface area contributed by atoms with E-state index in [4.69, 9.17) is 4.74 Å². The monoisotopic (exact) mass is 353 g/mol. The summed E-state index contributed by atoms with van der Waals surface area (Å²) >= 11 is 0. The number of anilines is 1. The van der Waals surface area contributed by atoms with Gasteiger partial charge in [0.1, 0.15) is 11.7 Å². The molecule has 7 heteroatoms. The van der Waals surface area contributed by atoms with Gasteiger partial charge in [-0.2, -0.15) is 0 Å². The van der Waals surface area contributed by atoms with Gasteiger partial charge in [0, 0.05) is 11.1 Å². The van der Waals surface area contributed by atoms with Crippen molar-refractivity contribution in [3.63, 3.8) is 0 Å². The van der Waals surface area contributed by atoms with Crippen LogP contribution in [0.15, 0.2) is 42.5 Å². The Hall–Kier alpha value is -3.48. The molecule has 1 unspecified atom stereocenters. The van der Waals surface area contributed by atoms with Crippen molar-refractivity contribution in [1.29, 1.82) is 0 Å². The quantitative estimate of drug-likeness (QED) is 0.670. The SMILES string of the molecule is COC(=O)Nc1cccc2c1C(=O)C(C(=O)c1ccc(OC)cc1)C2=O. The Morgan fingerprint density at radius 1 is 0.962 bits per heavy atom.